The number of hydrogen-bond donors (Lipinski definition) is 1. The van der Waals surface area contributed by atoms with Crippen molar-refractivity contribution in [2.75, 3.05) is 18.5 Å². The first kappa shape index (κ1) is 21.3. The Morgan fingerprint density at radius 3 is 2.53 bits per heavy atom. The Labute approximate surface area is 193 Å². The van der Waals surface area contributed by atoms with E-state index in [1.807, 2.05) is 24.4 Å². The molecule has 3 aromatic rings. The summed E-state index contributed by atoms with van der Waals surface area (Å²) in [6.45, 7) is 1.34. The topological polar surface area (TPSA) is 56.2 Å². The fourth-order valence-corrected chi connectivity index (χ4v) is 5.53. The Morgan fingerprint density at radius 1 is 0.969 bits per heavy atom. The van der Waals surface area contributed by atoms with Crippen LogP contribution in [0.2, 0.25) is 0 Å². The molecule has 32 heavy (non-hydrogen) atoms. The van der Waals surface area contributed by atoms with Gasteiger partial charge in [0.15, 0.2) is 0 Å². The molecule has 1 amide bonds. The van der Waals surface area contributed by atoms with Gasteiger partial charge < -0.3 is 10.1 Å². The van der Waals surface area contributed by atoms with E-state index in [1.165, 1.54) is 41.8 Å². The van der Waals surface area contributed by atoms with Crippen LogP contribution in [0.1, 0.15) is 44.6 Å². The van der Waals surface area contributed by atoms with Crippen molar-refractivity contribution in [3.63, 3.8) is 0 Å². The van der Waals surface area contributed by atoms with E-state index in [0.717, 1.165) is 23.4 Å². The predicted molar refractivity (Wildman–Crippen MR) is 128 cm³/mol. The van der Waals surface area contributed by atoms with Gasteiger partial charge in [-0.05, 0) is 67.6 Å². The molecule has 0 unspecified atom stereocenters. The second kappa shape index (κ2) is 9.92. The lowest BCUT2D eigenvalue weighted by atomic mass is 9.99. The van der Waals surface area contributed by atoms with Crippen LogP contribution >= 0.6 is 11.8 Å². The lowest BCUT2D eigenvalue weighted by Gasteiger charge is -2.21. The van der Waals surface area contributed by atoms with Gasteiger partial charge in [-0.3, -0.25) is 9.48 Å². The fraction of sp³-hybridized carbons (Fsp3) is 0.385. The minimum Gasteiger partial charge on any atom is -0.381 e. The van der Waals surface area contributed by atoms with Crippen molar-refractivity contribution in [2.45, 2.75) is 54.4 Å². The number of carbonyl (C=O) groups is 1. The molecule has 0 bridgehead atoms. The van der Waals surface area contributed by atoms with Crippen molar-refractivity contribution in [1.82, 2.24) is 9.78 Å². The molecule has 1 N–H and O–H groups in total. The third-order valence-corrected chi connectivity index (χ3v) is 7.42. The van der Waals surface area contributed by atoms with Crippen LogP contribution in [0.15, 0.2) is 70.6 Å². The van der Waals surface area contributed by atoms with Gasteiger partial charge in [-0.25, -0.2) is 0 Å². The first-order chi connectivity index (χ1) is 15.8. The molecule has 166 valence electrons. The van der Waals surface area contributed by atoms with Crippen LogP contribution in [0.5, 0.6) is 0 Å². The maximum absolute atomic E-state index is 12.5. The van der Waals surface area contributed by atoms with Crippen molar-refractivity contribution < 1.29 is 9.53 Å². The minimum absolute atomic E-state index is 0.0465. The number of nitrogens with one attached hydrogen (secondary N) is 1. The van der Waals surface area contributed by atoms with Gasteiger partial charge in [-0.2, -0.15) is 5.10 Å². The van der Waals surface area contributed by atoms with Crippen molar-refractivity contribution in [1.29, 1.82) is 0 Å². The number of ether oxygens (including phenoxy) is 1. The number of anilines is 1. The summed E-state index contributed by atoms with van der Waals surface area (Å²) < 4.78 is 7.57. The molecule has 1 saturated carbocycles. The summed E-state index contributed by atoms with van der Waals surface area (Å²) in [4.78, 5) is 14.8. The Bertz CT molecular complexity index is 1050. The molecule has 6 heteroatoms. The Hall–Kier alpha value is -2.57. The number of benzene rings is 2. The van der Waals surface area contributed by atoms with E-state index < -0.39 is 0 Å². The summed E-state index contributed by atoms with van der Waals surface area (Å²) in [5.41, 5.74) is 3.26. The Morgan fingerprint density at radius 2 is 1.75 bits per heavy atom. The van der Waals surface area contributed by atoms with Crippen LogP contribution in [0, 0.1) is 5.92 Å². The number of hydrogen-bond acceptors (Lipinski definition) is 4. The predicted octanol–water partition coefficient (Wildman–Crippen LogP) is 6.18. The summed E-state index contributed by atoms with van der Waals surface area (Å²) in [6, 6.07) is 19.4. The van der Waals surface area contributed by atoms with Gasteiger partial charge in [0.25, 0.3) is 0 Å². The van der Waals surface area contributed by atoms with Crippen LogP contribution in [0.3, 0.4) is 0 Å². The molecule has 0 radical (unpaired) electrons. The third-order valence-electron chi connectivity index (χ3n) is 6.42. The zero-order valence-corrected chi connectivity index (χ0v) is 19.0. The largest absolute Gasteiger partial charge is 0.381 e. The van der Waals surface area contributed by atoms with E-state index >= 15 is 0 Å². The third kappa shape index (κ3) is 4.92. The highest BCUT2D eigenvalue weighted by Crippen LogP contribution is 2.35. The van der Waals surface area contributed by atoms with Crippen molar-refractivity contribution in [3.05, 3.63) is 60.8 Å². The van der Waals surface area contributed by atoms with Crippen LogP contribution in [-0.2, 0) is 9.53 Å². The van der Waals surface area contributed by atoms with E-state index in [4.69, 9.17) is 4.74 Å². The number of nitrogens with zero attached hydrogens (tertiary/aromatic N) is 2. The number of carbonyl (C=O) groups excluding carboxylic acids is 1. The van der Waals surface area contributed by atoms with Crippen molar-refractivity contribution >= 4 is 23.4 Å². The summed E-state index contributed by atoms with van der Waals surface area (Å²) in [5.74, 6) is 0.143. The molecular formula is C26H29N3O2S. The molecule has 1 aliphatic heterocycles. The average Bonchev–Trinajstić information content (AvgIpc) is 3.52. The smallest absolute Gasteiger partial charge is 0.227 e. The SMILES string of the molecule is O=C(Nc1cccc(Sc2ccc(-c3ccnn3C3CCCC3)cc2)c1)C1CCOCC1. The maximum Gasteiger partial charge on any atom is 0.227 e. The van der Waals surface area contributed by atoms with E-state index in [1.54, 1.807) is 11.8 Å². The maximum atomic E-state index is 12.5. The highest BCUT2D eigenvalue weighted by atomic mass is 32.2. The normalized spacial score (nSPS) is 17.5. The van der Waals surface area contributed by atoms with E-state index in [9.17, 15) is 4.79 Å². The quantitative estimate of drug-likeness (QED) is 0.490. The molecule has 1 aliphatic carbocycles. The monoisotopic (exact) mass is 447 g/mol. The molecule has 1 saturated heterocycles. The van der Waals surface area contributed by atoms with E-state index in [-0.39, 0.29) is 11.8 Å². The number of rotatable bonds is 6. The van der Waals surface area contributed by atoms with Gasteiger partial charge in [0, 0.05) is 40.8 Å². The zero-order chi connectivity index (χ0) is 21.8. The molecule has 5 nitrogen and oxygen atoms in total. The van der Waals surface area contributed by atoms with E-state index in [0.29, 0.717) is 19.3 Å². The first-order valence-corrected chi connectivity index (χ1v) is 12.4. The van der Waals surface area contributed by atoms with Crippen LogP contribution < -0.4 is 5.32 Å². The second-order valence-electron chi connectivity index (χ2n) is 8.63. The summed E-state index contributed by atoms with van der Waals surface area (Å²) >= 11 is 1.71. The summed E-state index contributed by atoms with van der Waals surface area (Å²) in [5, 5.41) is 7.68. The molecule has 1 aromatic heterocycles. The van der Waals surface area contributed by atoms with Gasteiger partial charge in [-0.15, -0.1) is 0 Å². The van der Waals surface area contributed by atoms with Gasteiger partial charge in [0.1, 0.15) is 0 Å². The highest BCUT2D eigenvalue weighted by molar-refractivity contribution is 7.99. The average molecular weight is 448 g/mol. The Balaban J connectivity index is 1.25. The molecule has 5 rings (SSSR count). The van der Waals surface area contributed by atoms with Crippen molar-refractivity contribution in [3.8, 4) is 11.3 Å². The molecule has 2 aromatic carbocycles. The molecule has 0 spiro atoms. The lowest BCUT2D eigenvalue weighted by Crippen LogP contribution is -2.28. The van der Waals surface area contributed by atoms with E-state index in [2.05, 4.69) is 51.5 Å². The van der Waals surface area contributed by atoms with Gasteiger partial charge in [0.2, 0.25) is 5.91 Å². The summed E-state index contributed by atoms with van der Waals surface area (Å²) in [6.07, 6.45) is 8.56. The minimum atomic E-state index is 0.0465. The molecule has 0 atom stereocenters. The van der Waals surface area contributed by atoms with Crippen molar-refractivity contribution in [2.24, 2.45) is 5.92 Å². The highest BCUT2D eigenvalue weighted by Gasteiger charge is 2.22. The molecule has 2 heterocycles. The molecule has 2 aliphatic rings. The van der Waals surface area contributed by atoms with Crippen LogP contribution in [0.4, 0.5) is 5.69 Å². The van der Waals surface area contributed by atoms with Gasteiger partial charge >= 0.3 is 0 Å². The summed E-state index contributed by atoms with van der Waals surface area (Å²) in [7, 11) is 0. The first-order valence-electron chi connectivity index (χ1n) is 11.6. The van der Waals surface area contributed by atoms with Gasteiger partial charge in [-0.1, -0.05) is 42.8 Å². The Kier molecular flexibility index (Phi) is 6.60. The number of aromatic nitrogens is 2. The standard InChI is InChI=1S/C26H29N3O2S/c30-26(20-13-16-31-17-14-20)28-21-4-3-7-24(18-21)32-23-10-8-19(9-11-23)25-12-15-27-29(25)22-5-1-2-6-22/h3-4,7-12,15,18,20,22H,1-2,5-6,13-14,16-17H2,(H,28,30). The number of amides is 1. The second-order valence-corrected chi connectivity index (χ2v) is 9.78. The molecule has 2 fully saturated rings. The molecular weight excluding hydrogens is 418 g/mol. The zero-order valence-electron chi connectivity index (χ0n) is 18.2. The fourth-order valence-electron chi connectivity index (χ4n) is 4.65. The van der Waals surface area contributed by atoms with Crippen LogP contribution in [0.25, 0.3) is 11.3 Å². The lowest BCUT2D eigenvalue weighted by molar-refractivity contribution is -0.122. The van der Waals surface area contributed by atoms with Gasteiger partial charge in [0.05, 0.1) is 11.7 Å². The van der Waals surface area contributed by atoms with Crippen LogP contribution in [-0.4, -0.2) is 28.9 Å².